The Bertz CT molecular complexity index is 545. The first-order chi connectivity index (χ1) is 7.09. The zero-order chi connectivity index (χ0) is 10.9. The van der Waals surface area contributed by atoms with Gasteiger partial charge in [0.25, 0.3) is 9.84 Å². The number of aromatic hydroxyl groups is 1. The van der Waals surface area contributed by atoms with E-state index in [2.05, 4.69) is 4.99 Å². The van der Waals surface area contributed by atoms with Crippen molar-refractivity contribution >= 4 is 15.1 Å². The molecule has 1 aromatic rings. The number of rotatable bonds is 1. The first-order valence-corrected chi connectivity index (χ1v) is 5.59. The van der Waals surface area contributed by atoms with Gasteiger partial charge in [-0.2, -0.15) is 0 Å². The van der Waals surface area contributed by atoms with Crippen LogP contribution < -0.4 is 4.74 Å². The quantitative estimate of drug-likeness (QED) is 0.774. The van der Waals surface area contributed by atoms with Gasteiger partial charge in [-0.3, -0.25) is 0 Å². The molecule has 1 aliphatic rings. The van der Waals surface area contributed by atoms with Crippen LogP contribution in [-0.4, -0.2) is 18.8 Å². The van der Waals surface area contributed by atoms with Crippen molar-refractivity contribution in [3.63, 3.8) is 0 Å². The Balaban J connectivity index is 2.29. The SMILES string of the molecule is O=S1(=O)C=CN=C1Oc1ccccc1O. The van der Waals surface area contributed by atoms with E-state index in [0.29, 0.717) is 0 Å². The lowest BCUT2D eigenvalue weighted by Crippen LogP contribution is -2.16. The Hall–Kier alpha value is -1.82. The molecule has 0 saturated carbocycles. The summed E-state index contributed by atoms with van der Waals surface area (Å²) in [6.07, 6.45) is 1.13. The fourth-order valence-corrected chi connectivity index (χ4v) is 1.78. The topological polar surface area (TPSA) is 76.0 Å². The van der Waals surface area contributed by atoms with Gasteiger partial charge in [0.15, 0.2) is 11.5 Å². The molecule has 0 spiro atoms. The molecule has 2 rings (SSSR count). The van der Waals surface area contributed by atoms with E-state index in [4.69, 9.17) is 4.74 Å². The van der Waals surface area contributed by atoms with Gasteiger partial charge in [-0.25, -0.2) is 13.4 Å². The molecule has 78 valence electrons. The molecular formula is C9H7NO4S. The number of phenols is 1. The fourth-order valence-electron chi connectivity index (χ4n) is 1.03. The summed E-state index contributed by atoms with van der Waals surface area (Å²) in [5, 5.41) is 9.85. The maximum atomic E-state index is 11.3. The summed E-state index contributed by atoms with van der Waals surface area (Å²) in [5.41, 5.74) is 0. The van der Waals surface area contributed by atoms with Crippen molar-refractivity contribution in [1.29, 1.82) is 0 Å². The van der Waals surface area contributed by atoms with E-state index in [1.54, 1.807) is 12.1 Å². The zero-order valence-corrected chi connectivity index (χ0v) is 8.31. The van der Waals surface area contributed by atoms with Crippen molar-refractivity contribution in [3.8, 4) is 11.5 Å². The van der Waals surface area contributed by atoms with Gasteiger partial charge >= 0.3 is 5.23 Å². The van der Waals surface area contributed by atoms with Crippen LogP contribution in [0.5, 0.6) is 11.5 Å². The third kappa shape index (κ3) is 1.84. The van der Waals surface area contributed by atoms with Crippen LogP contribution in [-0.2, 0) is 9.84 Å². The molecule has 0 radical (unpaired) electrons. The van der Waals surface area contributed by atoms with E-state index in [1.807, 2.05) is 0 Å². The number of ether oxygens (including phenoxy) is 1. The predicted octanol–water partition coefficient (Wildman–Crippen LogP) is 1.03. The van der Waals surface area contributed by atoms with Crippen molar-refractivity contribution < 1.29 is 18.3 Å². The molecule has 1 aromatic carbocycles. The van der Waals surface area contributed by atoms with E-state index in [-0.39, 0.29) is 11.5 Å². The number of aliphatic imine (C=N–C) groups is 1. The summed E-state index contributed by atoms with van der Waals surface area (Å²) in [5.74, 6) is -0.0779. The molecule has 1 aliphatic heterocycles. The first-order valence-electron chi connectivity index (χ1n) is 4.05. The summed E-state index contributed by atoms with van der Waals surface area (Å²) in [6.45, 7) is 0. The normalized spacial score (nSPS) is 17.5. The molecule has 0 aliphatic carbocycles. The van der Waals surface area contributed by atoms with Crippen LogP contribution in [0.25, 0.3) is 0 Å². The summed E-state index contributed by atoms with van der Waals surface area (Å²) >= 11 is 0. The number of hydrogen-bond donors (Lipinski definition) is 1. The molecule has 6 heteroatoms. The average Bonchev–Trinajstić information content (AvgIpc) is 2.50. The highest BCUT2D eigenvalue weighted by Crippen LogP contribution is 2.26. The Morgan fingerprint density at radius 1 is 1.27 bits per heavy atom. The molecule has 0 amide bonds. The number of hydrogen-bond acceptors (Lipinski definition) is 5. The van der Waals surface area contributed by atoms with E-state index in [9.17, 15) is 13.5 Å². The number of para-hydroxylation sites is 2. The Morgan fingerprint density at radius 2 is 2.00 bits per heavy atom. The zero-order valence-electron chi connectivity index (χ0n) is 7.49. The number of phenolic OH excluding ortho intramolecular Hbond substituents is 1. The highest BCUT2D eigenvalue weighted by molar-refractivity contribution is 8.08. The Kier molecular flexibility index (Phi) is 2.20. The van der Waals surface area contributed by atoms with Gasteiger partial charge in [0.1, 0.15) is 0 Å². The minimum absolute atomic E-state index is 0.0588. The summed E-state index contributed by atoms with van der Waals surface area (Å²) in [6, 6.07) is 6.06. The maximum absolute atomic E-state index is 11.3. The van der Waals surface area contributed by atoms with Crippen LogP contribution in [0.2, 0.25) is 0 Å². The fraction of sp³-hybridized carbons (Fsp3) is 0. The van der Waals surface area contributed by atoms with Crippen molar-refractivity contribution in [2.75, 3.05) is 0 Å². The van der Waals surface area contributed by atoms with E-state index < -0.39 is 15.1 Å². The lowest BCUT2D eigenvalue weighted by Gasteiger charge is -2.05. The maximum Gasteiger partial charge on any atom is 0.319 e. The van der Waals surface area contributed by atoms with E-state index in [1.165, 1.54) is 12.1 Å². The first kappa shape index (κ1) is 9.72. The highest BCUT2D eigenvalue weighted by atomic mass is 32.2. The molecular weight excluding hydrogens is 218 g/mol. The molecule has 0 unspecified atom stereocenters. The number of nitrogens with zero attached hydrogens (tertiary/aromatic N) is 1. The molecule has 0 saturated heterocycles. The Morgan fingerprint density at radius 3 is 2.60 bits per heavy atom. The number of sulfone groups is 1. The Labute approximate surface area is 86.3 Å². The van der Waals surface area contributed by atoms with Crippen molar-refractivity contribution in [2.45, 2.75) is 0 Å². The van der Waals surface area contributed by atoms with Crippen LogP contribution in [0.1, 0.15) is 0 Å². The van der Waals surface area contributed by atoms with Crippen LogP contribution in [0.3, 0.4) is 0 Å². The van der Waals surface area contributed by atoms with Crippen LogP contribution in [0, 0.1) is 0 Å². The highest BCUT2D eigenvalue weighted by Gasteiger charge is 2.23. The van der Waals surface area contributed by atoms with Gasteiger partial charge < -0.3 is 9.84 Å². The van der Waals surface area contributed by atoms with Crippen molar-refractivity contribution in [1.82, 2.24) is 0 Å². The third-order valence-electron chi connectivity index (χ3n) is 1.73. The molecule has 0 bridgehead atoms. The van der Waals surface area contributed by atoms with Crippen molar-refractivity contribution in [2.24, 2.45) is 4.99 Å². The van der Waals surface area contributed by atoms with E-state index >= 15 is 0 Å². The third-order valence-corrected chi connectivity index (χ3v) is 2.88. The molecule has 0 atom stereocenters. The van der Waals surface area contributed by atoms with Gasteiger partial charge in [-0.05, 0) is 12.1 Å². The molecule has 1 heterocycles. The predicted molar refractivity (Wildman–Crippen MR) is 54.2 cm³/mol. The lowest BCUT2D eigenvalue weighted by atomic mass is 10.3. The van der Waals surface area contributed by atoms with Gasteiger partial charge in [0.2, 0.25) is 0 Å². The second kappa shape index (κ2) is 3.39. The monoisotopic (exact) mass is 225 g/mol. The largest absolute Gasteiger partial charge is 0.504 e. The summed E-state index contributed by atoms with van der Waals surface area (Å²) < 4.78 is 27.5. The second-order valence-corrected chi connectivity index (χ2v) is 4.51. The van der Waals surface area contributed by atoms with Gasteiger partial charge in [0.05, 0.1) is 5.41 Å². The minimum atomic E-state index is -3.57. The van der Waals surface area contributed by atoms with Gasteiger partial charge in [0, 0.05) is 6.20 Å². The lowest BCUT2D eigenvalue weighted by molar-refractivity contribution is 0.436. The van der Waals surface area contributed by atoms with Crippen LogP contribution in [0.4, 0.5) is 0 Å². The second-order valence-electron chi connectivity index (χ2n) is 2.79. The molecule has 0 aromatic heterocycles. The molecule has 0 fully saturated rings. The molecule has 1 N–H and O–H groups in total. The van der Waals surface area contributed by atoms with Crippen molar-refractivity contribution in [3.05, 3.63) is 35.9 Å². The van der Waals surface area contributed by atoms with Gasteiger partial charge in [-0.15, -0.1) is 0 Å². The summed E-state index contributed by atoms with van der Waals surface area (Å²) in [4.78, 5) is 3.54. The van der Waals surface area contributed by atoms with E-state index in [0.717, 1.165) is 11.6 Å². The van der Waals surface area contributed by atoms with Crippen LogP contribution >= 0.6 is 0 Å². The smallest absolute Gasteiger partial charge is 0.319 e. The summed E-state index contributed by atoms with van der Waals surface area (Å²) in [7, 11) is -3.57. The minimum Gasteiger partial charge on any atom is -0.504 e. The van der Waals surface area contributed by atoms with Gasteiger partial charge in [-0.1, -0.05) is 12.1 Å². The standard InChI is InChI=1S/C9H7NO4S/c11-7-3-1-2-4-8(7)14-9-10-5-6-15(9,12)13/h1-6,11H. The number of benzene rings is 1. The molecule has 15 heavy (non-hydrogen) atoms. The van der Waals surface area contributed by atoms with Crippen LogP contribution in [0.15, 0.2) is 40.9 Å². The molecule has 5 nitrogen and oxygen atoms in total. The average molecular weight is 225 g/mol.